The minimum atomic E-state index is -0.187. The van der Waals surface area contributed by atoms with Crippen molar-refractivity contribution in [1.29, 1.82) is 0 Å². The van der Waals surface area contributed by atoms with Crippen molar-refractivity contribution >= 4 is 28.6 Å². The number of nitrogens with one attached hydrogen (secondary N) is 1. The molecular weight excluding hydrogens is 436 g/mol. The van der Waals surface area contributed by atoms with Crippen LogP contribution in [0.1, 0.15) is 12.8 Å². The maximum absolute atomic E-state index is 12.5. The summed E-state index contributed by atoms with van der Waals surface area (Å²) in [7, 11) is 3.65. The molecule has 3 aromatic rings. The number of rotatable bonds is 6. The smallest absolute Gasteiger partial charge is 0.269 e. The van der Waals surface area contributed by atoms with Crippen LogP contribution in [0.3, 0.4) is 0 Å². The van der Waals surface area contributed by atoms with Crippen molar-refractivity contribution in [2.24, 2.45) is 0 Å². The van der Waals surface area contributed by atoms with E-state index in [0.717, 1.165) is 49.3 Å². The normalized spacial score (nSPS) is 16.6. The van der Waals surface area contributed by atoms with Crippen LogP contribution in [0.2, 0.25) is 0 Å². The molecule has 1 N–H and O–H groups in total. The number of benzene rings is 1. The molecule has 2 aliphatic rings. The highest BCUT2D eigenvalue weighted by Crippen LogP contribution is 2.30. The quantitative estimate of drug-likeness (QED) is 0.589. The Hall–Kier alpha value is -3.66. The number of aromatic nitrogens is 3. The van der Waals surface area contributed by atoms with Gasteiger partial charge >= 0.3 is 0 Å². The predicted octanol–water partition coefficient (Wildman–Crippen LogP) is 1.73. The van der Waals surface area contributed by atoms with E-state index in [4.69, 9.17) is 9.47 Å². The predicted molar refractivity (Wildman–Crippen MR) is 129 cm³/mol. The molecule has 2 aliphatic heterocycles. The number of carbonyl (C=O) groups is 1. The summed E-state index contributed by atoms with van der Waals surface area (Å²) >= 11 is 0. The third-order valence-corrected chi connectivity index (χ3v) is 6.62. The highest BCUT2D eigenvalue weighted by Gasteiger charge is 2.25. The van der Waals surface area contributed by atoms with Crippen molar-refractivity contribution in [3.8, 4) is 11.5 Å². The summed E-state index contributed by atoms with van der Waals surface area (Å²) < 4.78 is 12.5. The number of hydrogen-bond donors (Lipinski definition) is 1. The van der Waals surface area contributed by atoms with E-state index in [1.165, 1.54) is 6.20 Å². The second-order valence-corrected chi connectivity index (χ2v) is 8.64. The zero-order valence-electron chi connectivity index (χ0n) is 19.4. The number of pyridine rings is 1. The summed E-state index contributed by atoms with van der Waals surface area (Å²) in [5.74, 6) is 2.41. The van der Waals surface area contributed by atoms with E-state index in [0.29, 0.717) is 29.9 Å². The van der Waals surface area contributed by atoms with Crippen molar-refractivity contribution in [3.63, 3.8) is 0 Å². The molecule has 5 rings (SSSR count). The second-order valence-electron chi connectivity index (χ2n) is 8.64. The number of methoxy groups -OCH3 is 1. The third-order valence-electron chi connectivity index (χ3n) is 6.62. The Balaban J connectivity index is 1.21. The molecule has 1 fully saturated rings. The summed E-state index contributed by atoms with van der Waals surface area (Å²) in [6.45, 7) is 3.27. The van der Waals surface area contributed by atoms with Gasteiger partial charge in [-0.1, -0.05) is 0 Å². The van der Waals surface area contributed by atoms with Crippen LogP contribution in [0.15, 0.2) is 41.3 Å². The SMILES string of the molecule is COc1ccc2ncc(=O)n(CCN3CCC(N(C)c4ccc5c(n4)NC(=O)CO5)CC3)c2c1. The van der Waals surface area contributed by atoms with Crippen LogP contribution in [-0.4, -0.2) is 71.8 Å². The summed E-state index contributed by atoms with van der Waals surface area (Å²) in [6.07, 6.45) is 3.35. The van der Waals surface area contributed by atoms with Crippen LogP contribution >= 0.6 is 0 Å². The van der Waals surface area contributed by atoms with Crippen LogP contribution in [0.25, 0.3) is 11.0 Å². The zero-order chi connectivity index (χ0) is 23.7. The fourth-order valence-electron chi connectivity index (χ4n) is 4.61. The Bertz CT molecular complexity index is 1270. The molecule has 0 aliphatic carbocycles. The minimum Gasteiger partial charge on any atom is -0.497 e. The molecule has 0 atom stereocenters. The van der Waals surface area contributed by atoms with Gasteiger partial charge in [0.25, 0.3) is 11.5 Å². The van der Waals surface area contributed by atoms with Gasteiger partial charge in [-0.3, -0.25) is 9.59 Å². The van der Waals surface area contributed by atoms with Gasteiger partial charge < -0.3 is 29.2 Å². The lowest BCUT2D eigenvalue weighted by molar-refractivity contribution is -0.118. The molecule has 0 unspecified atom stereocenters. The van der Waals surface area contributed by atoms with Crippen molar-refractivity contribution in [1.82, 2.24) is 19.4 Å². The van der Waals surface area contributed by atoms with Gasteiger partial charge in [0, 0.05) is 45.3 Å². The van der Waals surface area contributed by atoms with Crippen molar-refractivity contribution in [2.45, 2.75) is 25.4 Å². The van der Waals surface area contributed by atoms with E-state index in [9.17, 15) is 9.59 Å². The number of hydrogen-bond acceptors (Lipinski definition) is 8. The summed E-state index contributed by atoms with van der Waals surface area (Å²) in [5, 5.41) is 2.77. The molecule has 4 heterocycles. The lowest BCUT2D eigenvalue weighted by Crippen LogP contribution is -2.45. The van der Waals surface area contributed by atoms with Crippen LogP contribution in [0, 0.1) is 0 Å². The number of carbonyl (C=O) groups excluding carboxylic acids is 1. The highest BCUT2D eigenvalue weighted by molar-refractivity contribution is 5.94. The molecule has 1 amide bonds. The average molecular weight is 465 g/mol. The number of ether oxygens (including phenoxy) is 2. The van der Waals surface area contributed by atoms with Gasteiger partial charge in [-0.05, 0) is 37.1 Å². The Labute approximate surface area is 197 Å². The van der Waals surface area contributed by atoms with Crippen LogP contribution in [0.4, 0.5) is 11.6 Å². The number of likely N-dealkylation sites (tertiary alicyclic amines) is 1. The first-order valence-electron chi connectivity index (χ1n) is 11.4. The minimum absolute atomic E-state index is 0.0251. The van der Waals surface area contributed by atoms with Gasteiger partial charge in [0.05, 0.1) is 24.3 Å². The van der Waals surface area contributed by atoms with E-state index in [-0.39, 0.29) is 18.1 Å². The number of amides is 1. The molecule has 0 bridgehead atoms. The third kappa shape index (κ3) is 4.41. The maximum atomic E-state index is 12.5. The van der Waals surface area contributed by atoms with Crippen LogP contribution in [-0.2, 0) is 11.3 Å². The summed E-state index contributed by atoms with van der Waals surface area (Å²) in [6, 6.07) is 9.72. The van der Waals surface area contributed by atoms with Crippen molar-refractivity contribution in [2.75, 3.05) is 50.6 Å². The van der Waals surface area contributed by atoms with E-state index < -0.39 is 0 Å². The standard InChI is InChI=1S/C24H28N6O4/c1-28(21-6-5-20-24(26-21)27-22(31)15-34-20)16-7-9-29(10-8-16)11-12-30-19-13-17(33-2)3-4-18(19)25-14-23(30)32/h3-6,13-14,16H,7-12,15H2,1-2H3,(H,26,27,31). The summed E-state index contributed by atoms with van der Waals surface area (Å²) in [5.41, 5.74) is 1.46. The molecule has 10 nitrogen and oxygen atoms in total. The molecular formula is C24H28N6O4. The highest BCUT2D eigenvalue weighted by atomic mass is 16.5. The summed E-state index contributed by atoms with van der Waals surface area (Å²) in [4.78, 5) is 37.5. The number of nitrogens with zero attached hydrogens (tertiary/aromatic N) is 5. The van der Waals surface area contributed by atoms with Gasteiger partial charge in [0.15, 0.2) is 18.2 Å². The van der Waals surface area contributed by atoms with Crippen molar-refractivity contribution < 1.29 is 14.3 Å². The second kappa shape index (κ2) is 9.30. The lowest BCUT2D eigenvalue weighted by Gasteiger charge is -2.37. The van der Waals surface area contributed by atoms with Gasteiger partial charge in [0.1, 0.15) is 11.6 Å². The van der Waals surface area contributed by atoms with Gasteiger partial charge in [0.2, 0.25) is 0 Å². The molecule has 10 heteroatoms. The molecule has 1 aromatic carbocycles. The number of fused-ring (bicyclic) bond motifs is 2. The van der Waals surface area contributed by atoms with Gasteiger partial charge in [-0.25, -0.2) is 9.97 Å². The number of piperidine rings is 1. The average Bonchev–Trinajstić information content (AvgIpc) is 2.87. The van der Waals surface area contributed by atoms with Crippen molar-refractivity contribution in [3.05, 3.63) is 46.9 Å². The topological polar surface area (TPSA) is 102 Å². The first kappa shape index (κ1) is 22.1. The molecule has 1 saturated heterocycles. The van der Waals surface area contributed by atoms with Gasteiger partial charge in [-0.15, -0.1) is 0 Å². The van der Waals surface area contributed by atoms with E-state index in [1.54, 1.807) is 11.7 Å². The largest absolute Gasteiger partial charge is 0.497 e. The monoisotopic (exact) mass is 464 g/mol. The number of anilines is 2. The van der Waals surface area contributed by atoms with E-state index >= 15 is 0 Å². The lowest BCUT2D eigenvalue weighted by atomic mass is 10.0. The Morgan fingerprint density at radius 2 is 2.00 bits per heavy atom. The fraction of sp³-hybridized carbons (Fsp3) is 0.417. The first-order valence-corrected chi connectivity index (χ1v) is 11.4. The Morgan fingerprint density at radius 1 is 1.18 bits per heavy atom. The Kier molecular flexibility index (Phi) is 6.06. The molecule has 0 spiro atoms. The molecule has 0 radical (unpaired) electrons. The molecule has 178 valence electrons. The van der Waals surface area contributed by atoms with Crippen LogP contribution in [0.5, 0.6) is 11.5 Å². The molecule has 0 saturated carbocycles. The van der Waals surface area contributed by atoms with Gasteiger partial charge in [-0.2, -0.15) is 0 Å². The first-order chi connectivity index (χ1) is 16.5. The van der Waals surface area contributed by atoms with E-state index in [2.05, 4.69) is 25.1 Å². The zero-order valence-corrected chi connectivity index (χ0v) is 19.4. The molecule has 2 aromatic heterocycles. The maximum Gasteiger partial charge on any atom is 0.269 e. The van der Waals surface area contributed by atoms with Crippen LogP contribution < -0.4 is 25.2 Å². The van der Waals surface area contributed by atoms with E-state index in [1.807, 2.05) is 37.4 Å². The molecule has 34 heavy (non-hydrogen) atoms. The fourth-order valence-corrected chi connectivity index (χ4v) is 4.61. The Morgan fingerprint density at radius 3 is 2.79 bits per heavy atom.